The van der Waals surface area contributed by atoms with Gasteiger partial charge >= 0.3 is 0 Å². The molecule has 120 valence electrons. The molecule has 0 radical (unpaired) electrons. The third-order valence-electron chi connectivity index (χ3n) is 5.20. The molecule has 2 nitrogen and oxygen atoms in total. The van der Waals surface area contributed by atoms with Crippen LogP contribution in [0.4, 0.5) is 8.78 Å². The number of fused-ring (bicyclic) bond motifs is 4. The highest BCUT2D eigenvalue weighted by Gasteiger charge is 2.50. The fourth-order valence-electron chi connectivity index (χ4n) is 3.82. The van der Waals surface area contributed by atoms with Gasteiger partial charge in [-0.15, -0.1) is 0 Å². The summed E-state index contributed by atoms with van der Waals surface area (Å²) >= 11 is 0. The summed E-state index contributed by atoms with van der Waals surface area (Å²) in [7, 11) is 0. The lowest BCUT2D eigenvalue weighted by molar-refractivity contribution is -0.444. The summed E-state index contributed by atoms with van der Waals surface area (Å²) in [6, 6.07) is 12.9. The lowest BCUT2D eigenvalue weighted by atomic mass is 9.82. The Hall–Kier alpha value is -1.78. The van der Waals surface area contributed by atoms with Gasteiger partial charge in [0.05, 0.1) is 0 Å². The van der Waals surface area contributed by atoms with Gasteiger partial charge in [0.15, 0.2) is 0 Å². The van der Waals surface area contributed by atoms with Crippen molar-refractivity contribution in [2.75, 3.05) is 0 Å². The maximum Gasteiger partial charge on any atom is 0.129 e. The fourth-order valence-corrected chi connectivity index (χ4v) is 3.82. The van der Waals surface area contributed by atoms with Crippen LogP contribution in [0.25, 0.3) is 0 Å². The zero-order valence-corrected chi connectivity index (χ0v) is 12.7. The van der Waals surface area contributed by atoms with Crippen LogP contribution in [0.1, 0.15) is 43.2 Å². The Balaban J connectivity index is 1.65. The largest absolute Gasteiger partial charge is 0.224 e. The summed E-state index contributed by atoms with van der Waals surface area (Å²) in [6.07, 6.45) is 4.21. The molecule has 2 bridgehead atoms. The minimum atomic E-state index is -0.506. The summed E-state index contributed by atoms with van der Waals surface area (Å²) in [5, 5.41) is 0. The molecule has 3 aliphatic rings. The molecular weight excluding hydrogens is 298 g/mol. The molecule has 0 N–H and O–H groups in total. The average Bonchev–Trinajstić information content (AvgIpc) is 2.88. The van der Waals surface area contributed by atoms with Crippen LogP contribution in [0, 0.1) is 11.6 Å². The Morgan fingerprint density at radius 1 is 0.609 bits per heavy atom. The van der Waals surface area contributed by atoms with E-state index in [0.717, 1.165) is 43.2 Å². The van der Waals surface area contributed by atoms with E-state index in [2.05, 4.69) is 0 Å². The van der Waals surface area contributed by atoms with Crippen molar-refractivity contribution in [3.63, 3.8) is 0 Å². The monoisotopic (exact) mass is 316 g/mol. The molecule has 5 rings (SSSR count). The van der Waals surface area contributed by atoms with Crippen LogP contribution >= 0.6 is 0 Å². The third-order valence-corrected chi connectivity index (χ3v) is 5.20. The summed E-state index contributed by atoms with van der Waals surface area (Å²) in [4.78, 5) is 11.8. The zero-order valence-electron chi connectivity index (χ0n) is 12.7. The molecule has 0 unspecified atom stereocenters. The van der Waals surface area contributed by atoms with Crippen molar-refractivity contribution in [3.8, 4) is 0 Å². The standard InChI is InChI=1S/C19H18F2O2/c20-16-6-2-14(3-7-16)18-10-1-11-19(13-12-18,23-22-18)15-4-8-17(21)9-5-15/h2-9H,1,10-13H2/t18-,19+. The van der Waals surface area contributed by atoms with Crippen LogP contribution < -0.4 is 0 Å². The molecule has 2 aromatic rings. The van der Waals surface area contributed by atoms with Gasteiger partial charge in [-0.05, 0) is 67.5 Å². The fraction of sp³-hybridized carbons (Fsp3) is 0.368. The van der Waals surface area contributed by atoms with Crippen molar-refractivity contribution in [2.45, 2.75) is 43.3 Å². The third kappa shape index (κ3) is 2.46. The summed E-state index contributed by atoms with van der Waals surface area (Å²) in [5.74, 6) is -0.507. The lowest BCUT2D eigenvalue weighted by Gasteiger charge is -2.42. The summed E-state index contributed by atoms with van der Waals surface area (Å²) in [6.45, 7) is 0. The molecule has 4 heteroatoms. The highest BCUT2D eigenvalue weighted by molar-refractivity contribution is 5.28. The van der Waals surface area contributed by atoms with Crippen molar-refractivity contribution < 1.29 is 18.6 Å². The van der Waals surface area contributed by atoms with E-state index >= 15 is 0 Å². The Bertz CT molecular complexity index is 625. The van der Waals surface area contributed by atoms with Gasteiger partial charge < -0.3 is 0 Å². The Kier molecular flexibility index (Phi) is 3.47. The van der Waals surface area contributed by atoms with Gasteiger partial charge in [0.1, 0.15) is 22.8 Å². The average molecular weight is 316 g/mol. The van der Waals surface area contributed by atoms with Crippen LogP contribution in [-0.2, 0) is 21.0 Å². The number of rotatable bonds is 2. The molecule has 2 aromatic carbocycles. The smallest absolute Gasteiger partial charge is 0.129 e. The predicted octanol–water partition coefficient (Wildman–Crippen LogP) is 4.98. The van der Waals surface area contributed by atoms with E-state index in [4.69, 9.17) is 9.78 Å². The van der Waals surface area contributed by atoms with E-state index in [9.17, 15) is 8.78 Å². The zero-order chi connectivity index (χ0) is 15.9. The van der Waals surface area contributed by atoms with Crippen LogP contribution in [0.15, 0.2) is 48.5 Å². The van der Waals surface area contributed by atoms with Crippen molar-refractivity contribution >= 4 is 0 Å². The van der Waals surface area contributed by atoms with Crippen LogP contribution in [0.2, 0.25) is 0 Å². The maximum atomic E-state index is 13.2. The number of benzene rings is 2. The topological polar surface area (TPSA) is 18.5 Å². The Morgan fingerprint density at radius 2 is 1.00 bits per heavy atom. The highest BCUT2D eigenvalue weighted by Crippen LogP contribution is 2.52. The van der Waals surface area contributed by atoms with Crippen molar-refractivity contribution in [2.24, 2.45) is 0 Å². The van der Waals surface area contributed by atoms with E-state index in [1.54, 1.807) is 24.3 Å². The molecule has 1 saturated carbocycles. The molecule has 0 aromatic heterocycles. The normalized spacial score (nSPS) is 30.2. The van der Waals surface area contributed by atoms with Gasteiger partial charge in [0.2, 0.25) is 0 Å². The quantitative estimate of drug-likeness (QED) is 0.727. The molecule has 23 heavy (non-hydrogen) atoms. The van der Waals surface area contributed by atoms with Gasteiger partial charge in [-0.3, -0.25) is 0 Å². The second kappa shape index (κ2) is 5.39. The summed E-state index contributed by atoms with van der Waals surface area (Å²) in [5.41, 5.74) is 0.892. The minimum Gasteiger partial charge on any atom is -0.224 e. The van der Waals surface area contributed by atoms with Crippen molar-refractivity contribution in [1.29, 1.82) is 0 Å². The Morgan fingerprint density at radius 3 is 1.35 bits per heavy atom. The van der Waals surface area contributed by atoms with E-state index in [1.165, 1.54) is 24.3 Å². The van der Waals surface area contributed by atoms with Crippen molar-refractivity contribution in [1.82, 2.24) is 0 Å². The highest BCUT2D eigenvalue weighted by atomic mass is 19.1. The molecule has 0 amide bonds. The number of hydrogen-bond donors (Lipinski definition) is 0. The minimum absolute atomic E-state index is 0.254. The van der Waals surface area contributed by atoms with E-state index in [0.29, 0.717) is 0 Å². The Labute approximate surface area is 134 Å². The number of halogens is 2. The lowest BCUT2D eigenvalue weighted by Crippen LogP contribution is -2.40. The molecule has 2 atom stereocenters. The first-order valence-electron chi connectivity index (χ1n) is 8.01. The first-order valence-corrected chi connectivity index (χ1v) is 8.01. The maximum absolute atomic E-state index is 13.2. The molecule has 2 aliphatic heterocycles. The molecule has 2 saturated heterocycles. The predicted molar refractivity (Wildman–Crippen MR) is 81.4 cm³/mol. The molecule has 1 aliphatic carbocycles. The molecule has 3 fully saturated rings. The van der Waals surface area contributed by atoms with Crippen LogP contribution in [0.5, 0.6) is 0 Å². The number of hydrogen-bond acceptors (Lipinski definition) is 2. The van der Waals surface area contributed by atoms with Gasteiger partial charge in [-0.2, -0.15) is 0 Å². The second-order valence-corrected chi connectivity index (χ2v) is 6.52. The van der Waals surface area contributed by atoms with E-state index in [1.807, 2.05) is 0 Å². The molecular formula is C19H18F2O2. The summed E-state index contributed by atoms with van der Waals surface area (Å²) < 4.78 is 26.4. The molecule has 0 spiro atoms. The van der Waals surface area contributed by atoms with Gasteiger partial charge in [-0.1, -0.05) is 24.3 Å². The van der Waals surface area contributed by atoms with E-state index < -0.39 is 11.2 Å². The SMILES string of the molecule is Fc1ccc([C@@]23CCC[C@@](c4ccc(F)cc4)(CC2)OO3)cc1. The van der Waals surface area contributed by atoms with Gasteiger partial charge in [0.25, 0.3) is 0 Å². The van der Waals surface area contributed by atoms with Gasteiger partial charge in [0, 0.05) is 0 Å². The van der Waals surface area contributed by atoms with Crippen LogP contribution in [-0.4, -0.2) is 0 Å². The van der Waals surface area contributed by atoms with Gasteiger partial charge in [-0.25, -0.2) is 18.6 Å². The first-order chi connectivity index (χ1) is 11.1. The van der Waals surface area contributed by atoms with E-state index in [-0.39, 0.29) is 11.6 Å². The van der Waals surface area contributed by atoms with Crippen LogP contribution in [0.3, 0.4) is 0 Å². The molecule has 2 heterocycles. The second-order valence-electron chi connectivity index (χ2n) is 6.52. The van der Waals surface area contributed by atoms with Crippen molar-refractivity contribution in [3.05, 3.63) is 71.3 Å². The first kappa shape index (κ1) is 14.8.